The van der Waals surface area contributed by atoms with E-state index in [1.54, 1.807) is 28.0 Å². The third-order valence-electron chi connectivity index (χ3n) is 5.81. The molecule has 0 saturated carbocycles. The van der Waals surface area contributed by atoms with Gasteiger partial charge in [-0.3, -0.25) is 14.5 Å². The Hall–Kier alpha value is -3.12. The summed E-state index contributed by atoms with van der Waals surface area (Å²) in [6, 6.07) is 19.9. The smallest absolute Gasteiger partial charge is 0.269 e. The molecule has 0 N–H and O–H groups in total. The van der Waals surface area contributed by atoms with Gasteiger partial charge in [0.1, 0.15) is 5.82 Å². The van der Waals surface area contributed by atoms with Crippen LogP contribution in [0.2, 0.25) is 0 Å². The minimum atomic E-state index is -1.18. The van der Waals surface area contributed by atoms with Gasteiger partial charge >= 0.3 is 0 Å². The molecule has 1 atom stereocenters. The lowest BCUT2D eigenvalue weighted by Gasteiger charge is -2.33. The van der Waals surface area contributed by atoms with E-state index in [2.05, 4.69) is 0 Å². The van der Waals surface area contributed by atoms with Gasteiger partial charge in [-0.25, -0.2) is 4.39 Å². The zero-order valence-electron chi connectivity index (χ0n) is 17.3. The standard InChI is InChI=1S/C25H21FN2O2S/c1-16-11-17(2)13-19(12-16)28-23(29)15-31-25(28)20-8-4-6-10-22(20)27(24(25)30)14-18-7-3-5-9-21(18)26/h3-13H,14-15H2,1-2H3/t25-/m1/s1. The summed E-state index contributed by atoms with van der Waals surface area (Å²) in [5.41, 5.74) is 4.69. The Morgan fingerprint density at radius 1 is 0.968 bits per heavy atom. The maximum Gasteiger partial charge on any atom is 0.269 e. The van der Waals surface area contributed by atoms with Crippen molar-refractivity contribution in [3.05, 3.63) is 94.8 Å². The van der Waals surface area contributed by atoms with Gasteiger partial charge in [-0.2, -0.15) is 0 Å². The van der Waals surface area contributed by atoms with Gasteiger partial charge in [0.15, 0.2) is 0 Å². The minimum absolute atomic E-state index is 0.106. The van der Waals surface area contributed by atoms with Crippen LogP contribution in [0.15, 0.2) is 66.7 Å². The van der Waals surface area contributed by atoms with Crippen LogP contribution in [0.5, 0.6) is 0 Å². The predicted octanol–water partition coefficient (Wildman–Crippen LogP) is 4.92. The van der Waals surface area contributed by atoms with Gasteiger partial charge in [0.2, 0.25) is 10.8 Å². The number of para-hydroxylation sites is 1. The molecular formula is C25H21FN2O2S. The third kappa shape index (κ3) is 2.97. The second kappa shape index (κ2) is 7.24. The molecule has 0 unspecified atom stereocenters. The first-order valence-electron chi connectivity index (χ1n) is 10.1. The van der Waals surface area contributed by atoms with Gasteiger partial charge in [-0.1, -0.05) is 42.5 Å². The zero-order valence-corrected chi connectivity index (χ0v) is 18.1. The van der Waals surface area contributed by atoms with E-state index < -0.39 is 4.87 Å². The van der Waals surface area contributed by atoms with Crippen LogP contribution in [0.3, 0.4) is 0 Å². The van der Waals surface area contributed by atoms with Gasteiger partial charge in [0.05, 0.1) is 18.0 Å². The summed E-state index contributed by atoms with van der Waals surface area (Å²) in [4.78, 5) is 29.2. The van der Waals surface area contributed by atoms with Crippen LogP contribution >= 0.6 is 11.8 Å². The Morgan fingerprint density at radius 3 is 2.39 bits per heavy atom. The predicted molar refractivity (Wildman–Crippen MR) is 122 cm³/mol. The summed E-state index contributed by atoms with van der Waals surface area (Å²) in [7, 11) is 0. The van der Waals surface area contributed by atoms with Crippen LogP contribution in [0.1, 0.15) is 22.3 Å². The Bertz CT molecular complexity index is 1210. The van der Waals surface area contributed by atoms with Crippen LogP contribution in [0.4, 0.5) is 15.8 Å². The molecule has 2 aliphatic rings. The van der Waals surface area contributed by atoms with Crippen LogP contribution < -0.4 is 9.80 Å². The average Bonchev–Trinajstić information content (AvgIpc) is 3.20. The highest BCUT2D eigenvalue weighted by Crippen LogP contribution is 2.56. The second-order valence-corrected chi connectivity index (χ2v) is 9.18. The van der Waals surface area contributed by atoms with E-state index in [9.17, 15) is 14.0 Å². The maximum absolute atomic E-state index is 14.4. The Balaban J connectivity index is 1.67. The number of nitrogens with zero attached hydrogens (tertiary/aromatic N) is 2. The molecule has 1 spiro atoms. The van der Waals surface area contributed by atoms with E-state index in [1.165, 1.54) is 17.8 Å². The Labute approximate surface area is 184 Å². The van der Waals surface area contributed by atoms with E-state index in [4.69, 9.17) is 0 Å². The molecule has 6 heteroatoms. The molecule has 0 aromatic heterocycles. The first-order valence-corrected chi connectivity index (χ1v) is 11.1. The Morgan fingerprint density at radius 2 is 1.65 bits per heavy atom. The normalized spacial score (nSPS) is 20.1. The molecule has 1 saturated heterocycles. The molecule has 0 radical (unpaired) electrons. The zero-order chi connectivity index (χ0) is 21.8. The SMILES string of the molecule is Cc1cc(C)cc(N2C(=O)CS[C@]23C(=O)N(Cc2ccccc2F)c2ccccc23)c1. The highest BCUT2D eigenvalue weighted by molar-refractivity contribution is 8.02. The van der Waals surface area contributed by atoms with E-state index in [-0.39, 0.29) is 29.9 Å². The first-order chi connectivity index (χ1) is 14.9. The molecule has 5 rings (SSSR count). The highest BCUT2D eigenvalue weighted by Gasteiger charge is 2.61. The number of carbonyl (C=O) groups excluding carboxylic acids is 2. The molecular weight excluding hydrogens is 411 g/mol. The number of fused-ring (bicyclic) bond motifs is 2. The highest BCUT2D eigenvalue weighted by atomic mass is 32.2. The first kappa shape index (κ1) is 19.8. The fourth-order valence-corrected chi connectivity index (χ4v) is 5.95. The summed E-state index contributed by atoms with van der Waals surface area (Å²) in [6.07, 6.45) is 0. The fourth-order valence-electron chi connectivity index (χ4n) is 4.59. The van der Waals surface area contributed by atoms with Crippen molar-refractivity contribution in [1.82, 2.24) is 0 Å². The number of aryl methyl sites for hydroxylation is 2. The number of amides is 2. The van der Waals surface area contributed by atoms with E-state index >= 15 is 0 Å². The van der Waals surface area contributed by atoms with E-state index in [0.29, 0.717) is 16.9 Å². The maximum atomic E-state index is 14.4. The van der Waals surface area contributed by atoms with Gasteiger partial charge in [-0.15, -0.1) is 11.8 Å². The summed E-state index contributed by atoms with van der Waals surface area (Å²) in [5, 5.41) is 0. The number of thioether (sulfide) groups is 1. The van der Waals surface area contributed by atoms with Gasteiger partial charge in [-0.05, 0) is 49.2 Å². The number of hydrogen-bond donors (Lipinski definition) is 0. The number of hydrogen-bond acceptors (Lipinski definition) is 3. The van der Waals surface area contributed by atoms with E-state index in [0.717, 1.165) is 16.7 Å². The van der Waals surface area contributed by atoms with Crippen LogP contribution in [-0.2, 0) is 21.0 Å². The molecule has 3 aromatic rings. The lowest BCUT2D eigenvalue weighted by Crippen LogP contribution is -2.49. The summed E-state index contributed by atoms with van der Waals surface area (Å²) in [5.74, 6) is -0.464. The molecule has 0 bridgehead atoms. The van der Waals surface area contributed by atoms with Crippen molar-refractivity contribution in [2.75, 3.05) is 15.6 Å². The minimum Gasteiger partial charge on any atom is -0.304 e. The van der Waals surface area contributed by atoms with Crippen LogP contribution in [-0.4, -0.2) is 17.6 Å². The van der Waals surface area contributed by atoms with Crippen LogP contribution in [0, 0.1) is 19.7 Å². The average molecular weight is 433 g/mol. The van der Waals surface area contributed by atoms with Crippen molar-refractivity contribution >= 4 is 35.0 Å². The summed E-state index contributed by atoms with van der Waals surface area (Å²) >= 11 is 1.34. The number of carbonyl (C=O) groups is 2. The van der Waals surface area contributed by atoms with Crippen LogP contribution in [0.25, 0.3) is 0 Å². The Kier molecular flexibility index (Phi) is 4.63. The molecule has 4 nitrogen and oxygen atoms in total. The second-order valence-electron chi connectivity index (χ2n) is 8.01. The van der Waals surface area contributed by atoms with Gasteiger partial charge < -0.3 is 4.90 Å². The quantitative estimate of drug-likeness (QED) is 0.590. The van der Waals surface area contributed by atoms with Gasteiger partial charge in [0.25, 0.3) is 5.91 Å². The molecule has 2 heterocycles. The molecule has 2 aliphatic heterocycles. The molecule has 1 fully saturated rings. The van der Waals surface area contributed by atoms with Crippen molar-refractivity contribution in [2.45, 2.75) is 25.3 Å². The van der Waals surface area contributed by atoms with Gasteiger partial charge in [0, 0.05) is 16.8 Å². The lowest BCUT2D eigenvalue weighted by atomic mass is 10.0. The fraction of sp³-hybridized carbons (Fsp3) is 0.200. The van der Waals surface area contributed by atoms with Crippen molar-refractivity contribution < 1.29 is 14.0 Å². The van der Waals surface area contributed by atoms with Crippen molar-refractivity contribution in [3.8, 4) is 0 Å². The third-order valence-corrected chi connectivity index (χ3v) is 7.20. The lowest BCUT2D eigenvalue weighted by molar-refractivity contribution is -0.123. The molecule has 2 amide bonds. The summed E-state index contributed by atoms with van der Waals surface area (Å²) in [6.45, 7) is 4.07. The molecule has 31 heavy (non-hydrogen) atoms. The number of rotatable bonds is 3. The van der Waals surface area contributed by atoms with Crippen molar-refractivity contribution in [3.63, 3.8) is 0 Å². The summed E-state index contributed by atoms with van der Waals surface area (Å²) < 4.78 is 14.4. The number of anilines is 2. The van der Waals surface area contributed by atoms with Crippen molar-refractivity contribution in [1.29, 1.82) is 0 Å². The number of halogens is 1. The number of benzene rings is 3. The van der Waals surface area contributed by atoms with Crippen molar-refractivity contribution in [2.24, 2.45) is 0 Å². The molecule has 0 aliphatic carbocycles. The molecule has 156 valence electrons. The monoisotopic (exact) mass is 432 g/mol. The van der Waals surface area contributed by atoms with E-state index in [1.807, 2.05) is 56.3 Å². The largest absolute Gasteiger partial charge is 0.304 e. The topological polar surface area (TPSA) is 40.6 Å². The molecule has 3 aromatic carbocycles.